The van der Waals surface area contributed by atoms with Gasteiger partial charge in [-0.25, -0.2) is 8.78 Å². The zero-order valence-corrected chi connectivity index (χ0v) is 7.58. The summed E-state index contributed by atoms with van der Waals surface area (Å²) in [5.74, 6) is -1.89. The monoisotopic (exact) mass is 202 g/mol. The minimum atomic E-state index is -0.967. The molecule has 0 aliphatic heterocycles. The van der Waals surface area contributed by atoms with Crippen molar-refractivity contribution >= 4 is 0 Å². The van der Waals surface area contributed by atoms with Crippen LogP contribution in [0.1, 0.15) is 24.5 Å². The zero-order chi connectivity index (χ0) is 10.6. The van der Waals surface area contributed by atoms with E-state index in [1.165, 1.54) is 6.07 Å². The van der Waals surface area contributed by atoms with Crippen molar-refractivity contribution in [3.63, 3.8) is 0 Å². The first kappa shape index (κ1) is 11.1. The van der Waals surface area contributed by atoms with Gasteiger partial charge in [0, 0.05) is 6.61 Å². The van der Waals surface area contributed by atoms with Crippen LogP contribution in [0.5, 0.6) is 0 Å². The van der Waals surface area contributed by atoms with Gasteiger partial charge < -0.3 is 10.2 Å². The summed E-state index contributed by atoms with van der Waals surface area (Å²) < 4.78 is 25.2. The van der Waals surface area contributed by atoms with E-state index in [0.29, 0.717) is 18.4 Å². The third-order valence-electron chi connectivity index (χ3n) is 1.96. The van der Waals surface area contributed by atoms with E-state index in [1.54, 1.807) is 0 Å². The average Bonchev–Trinajstić information content (AvgIpc) is 2.18. The highest BCUT2D eigenvalue weighted by molar-refractivity contribution is 5.19. The molecule has 1 aromatic rings. The summed E-state index contributed by atoms with van der Waals surface area (Å²) in [5, 5.41) is 18.0. The molecular formula is C10H12F2O2. The Hall–Kier alpha value is -1.00. The summed E-state index contributed by atoms with van der Waals surface area (Å²) in [6.07, 6.45) is -0.0842. The summed E-state index contributed by atoms with van der Waals surface area (Å²) in [5.41, 5.74) is 0.331. The van der Waals surface area contributed by atoms with Crippen molar-refractivity contribution in [3.8, 4) is 0 Å². The van der Waals surface area contributed by atoms with Gasteiger partial charge in [0.25, 0.3) is 0 Å². The summed E-state index contributed by atoms with van der Waals surface area (Å²) in [6, 6.07) is 3.28. The molecule has 0 bridgehead atoms. The van der Waals surface area contributed by atoms with Gasteiger partial charge in [-0.05, 0) is 30.5 Å². The lowest BCUT2D eigenvalue weighted by molar-refractivity contribution is 0.151. The van der Waals surface area contributed by atoms with Crippen LogP contribution in [-0.2, 0) is 0 Å². The maximum absolute atomic E-state index is 12.7. The lowest BCUT2D eigenvalue weighted by Crippen LogP contribution is -2.00. The summed E-state index contributed by atoms with van der Waals surface area (Å²) in [7, 11) is 0. The van der Waals surface area contributed by atoms with E-state index in [9.17, 15) is 13.9 Å². The van der Waals surface area contributed by atoms with Crippen LogP contribution in [-0.4, -0.2) is 16.8 Å². The van der Waals surface area contributed by atoms with Gasteiger partial charge in [0.1, 0.15) is 0 Å². The van der Waals surface area contributed by atoms with Gasteiger partial charge >= 0.3 is 0 Å². The highest BCUT2D eigenvalue weighted by Gasteiger charge is 2.09. The van der Waals surface area contributed by atoms with Gasteiger partial charge in [0.15, 0.2) is 11.6 Å². The molecule has 0 aliphatic carbocycles. The number of hydrogen-bond donors (Lipinski definition) is 2. The van der Waals surface area contributed by atoms with Crippen molar-refractivity contribution in [1.82, 2.24) is 0 Å². The lowest BCUT2D eigenvalue weighted by atomic mass is 10.1. The average molecular weight is 202 g/mol. The summed E-state index contributed by atoms with van der Waals surface area (Å²) >= 11 is 0. The standard InChI is InChI=1S/C10H12F2O2/c11-8-4-3-7(6-9(8)12)10(14)2-1-5-13/h3-4,6,10,13-14H,1-2,5H2. The molecule has 0 fully saturated rings. The third-order valence-corrected chi connectivity index (χ3v) is 1.96. The Kier molecular flexibility index (Phi) is 3.98. The first-order valence-corrected chi connectivity index (χ1v) is 4.39. The Bertz CT molecular complexity index is 302. The van der Waals surface area contributed by atoms with Crippen molar-refractivity contribution in [2.45, 2.75) is 18.9 Å². The zero-order valence-electron chi connectivity index (χ0n) is 7.58. The molecule has 1 aromatic carbocycles. The molecule has 2 N–H and O–H groups in total. The molecule has 14 heavy (non-hydrogen) atoms. The van der Waals surface area contributed by atoms with Gasteiger partial charge in [-0.15, -0.1) is 0 Å². The fourth-order valence-electron chi connectivity index (χ4n) is 1.17. The molecule has 0 aromatic heterocycles. The van der Waals surface area contributed by atoms with Crippen LogP contribution in [0, 0.1) is 11.6 Å². The van der Waals surface area contributed by atoms with Gasteiger partial charge in [0.2, 0.25) is 0 Å². The second-order valence-corrected chi connectivity index (χ2v) is 3.06. The fraction of sp³-hybridized carbons (Fsp3) is 0.400. The van der Waals surface area contributed by atoms with E-state index in [1.807, 2.05) is 0 Å². The second-order valence-electron chi connectivity index (χ2n) is 3.06. The van der Waals surface area contributed by atoms with Gasteiger partial charge in [-0.2, -0.15) is 0 Å². The molecule has 0 aliphatic rings. The Labute approximate surface area is 80.8 Å². The van der Waals surface area contributed by atoms with Crippen molar-refractivity contribution in [2.75, 3.05) is 6.61 Å². The quantitative estimate of drug-likeness (QED) is 0.781. The van der Waals surface area contributed by atoms with E-state index >= 15 is 0 Å². The Morgan fingerprint density at radius 3 is 2.50 bits per heavy atom. The lowest BCUT2D eigenvalue weighted by Gasteiger charge is -2.09. The molecule has 0 saturated carbocycles. The van der Waals surface area contributed by atoms with Gasteiger partial charge in [-0.3, -0.25) is 0 Å². The Balaban J connectivity index is 2.70. The molecule has 0 spiro atoms. The van der Waals surface area contributed by atoms with E-state index in [0.717, 1.165) is 12.1 Å². The van der Waals surface area contributed by atoms with E-state index in [2.05, 4.69) is 0 Å². The SMILES string of the molecule is OCCCC(O)c1ccc(F)c(F)c1. The van der Waals surface area contributed by atoms with Crippen molar-refractivity contribution in [2.24, 2.45) is 0 Å². The Morgan fingerprint density at radius 2 is 1.93 bits per heavy atom. The molecule has 1 unspecified atom stereocenters. The van der Waals surface area contributed by atoms with Crippen molar-refractivity contribution < 1.29 is 19.0 Å². The van der Waals surface area contributed by atoms with Crippen LogP contribution in [0.25, 0.3) is 0 Å². The molecule has 1 atom stereocenters. The molecule has 0 radical (unpaired) electrons. The van der Waals surface area contributed by atoms with E-state index < -0.39 is 17.7 Å². The highest BCUT2D eigenvalue weighted by atomic mass is 19.2. The van der Waals surface area contributed by atoms with Crippen LogP contribution in [0.3, 0.4) is 0 Å². The normalized spacial score (nSPS) is 12.9. The predicted octanol–water partition coefficient (Wildman–Crippen LogP) is 1.77. The molecule has 0 saturated heterocycles. The number of aliphatic hydroxyl groups excluding tert-OH is 2. The smallest absolute Gasteiger partial charge is 0.159 e. The first-order valence-electron chi connectivity index (χ1n) is 4.39. The second kappa shape index (κ2) is 5.02. The van der Waals surface area contributed by atoms with Crippen LogP contribution in [0.15, 0.2) is 18.2 Å². The number of rotatable bonds is 4. The summed E-state index contributed by atoms with van der Waals surface area (Å²) in [4.78, 5) is 0. The molecule has 2 nitrogen and oxygen atoms in total. The maximum Gasteiger partial charge on any atom is 0.159 e. The minimum Gasteiger partial charge on any atom is -0.396 e. The largest absolute Gasteiger partial charge is 0.396 e. The van der Waals surface area contributed by atoms with Crippen LogP contribution in [0.4, 0.5) is 8.78 Å². The van der Waals surface area contributed by atoms with Gasteiger partial charge in [0.05, 0.1) is 6.10 Å². The topological polar surface area (TPSA) is 40.5 Å². The molecule has 78 valence electrons. The number of hydrogen-bond acceptors (Lipinski definition) is 2. The van der Waals surface area contributed by atoms with Crippen molar-refractivity contribution in [1.29, 1.82) is 0 Å². The van der Waals surface area contributed by atoms with E-state index in [-0.39, 0.29) is 6.61 Å². The van der Waals surface area contributed by atoms with E-state index in [4.69, 9.17) is 5.11 Å². The van der Waals surface area contributed by atoms with Gasteiger partial charge in [-0.1, -0.05) is 6.07 Å². The molecular weight excluding hydrogens is 190 g/mol. The molecule has 0 heterocycles. The maximum atomic E-state index is 12.7. The minimum absolute atomic E-state index is 0.0270. The predicted molar refractivity (Wildman–Crippen MR) is 47.6 cm³/mol. The summed E-state index contributed by atoms with van der Waals surface area (Å²) in [6.45, 7) is -0.0270. The van der Waals surface area contributed by atoms with Crippen LogP contribution >= 0.6 is 0 Å². The number of aliphatic hydroxyl groups is 2. The van der Waals surface area contributed by atoms with Crippen LogP contribution in [0.2, 0.25) is 0 Å². The Morgan fingerprint density at radius 1 is 1.21 bits per heavy atom. The first-order chi connectivity index (χ1) is 6.65. The number of halogens is 2. The number of benzene rings is 1. The van der Waals surface area contributed by atoms with Crippen LogP contribution < -0.4 is 0 Å². The molecule has 0 amide bonds. The highest BCUT2D eigenvalue weighted by Crippen LogP contribution is 2.19. The molecule has 1 rings (SSSR count). The van der Waals surface area contributed by atoms with Crippen molar-refractivity contribution in [3.05, 3.63) is 35.4 Å². The molecule has 4 heteroatoms. The third kappa shape index (κ3) is 2.75. The fourth-order valence-corrected chi connectivity index (χ4v) is 1.17.